The van der Waals surface area contributed by atoms with Crippen molar-refractivity contribution in [2.24, 2.45) is 23.7 Å². The molecule has 1 heterocycles. The molecule has 0 aromatic rings. The second kappa shape index (κ2) is 12.3. The lowest BCUT2D eigenvalue weighted by Gasteiger charge is -2.33. The standard InChI is InChI=1S/C25H42N2O/c1-4-9-22(5-2)24(10-7-6-8-17-26)20(3)11-12-21-15-18-27(19-16-21)25(28)23-13-14-23/h10,20-23H,4-9,11-16,18-19H2,1-3H3/b24-10-/t20-,22+/m1/s1. The van der Waals surface area contributed by atoms with E-state index in [9.17, 15) is 4.79 Å². The Morgan fingerprint density at radius 3 is 2.46 bits per heavy atom. The minimum atomic E-state index is 0.370. The average Bonchev–Trinajstić information content (AvgIpc) is 3.56. The van der Waals surface area contributed by atoms with Crippen LogP contribution in [0.2, 0.25) is 0 Å². The van der Waals surface area contributed by atoms with Crippen LogP contribution >= 0.6 is 0 Å². The van der Waals surface area contributed by atoms with Crippen LogP contribution in [0.25, 0.3) is 0 Å². The highest BCUT2D eigenvalue weighted by atomic mass is 16.2. The number of allylic oxidation sites excluding steroid dienone is 2. The molecule has 0 unspecified atom stereocenters. The Morgan fingerprint density at radius 1 is 1.18 bits per heavy atom. The zero-order valence-corrected chi connectivity index (χ0v) is 18.6. The minimum absolute atomic E-state index is 0.370. The summed E-state index contributed by atoms with van der Waals surface area (Å²) in [7, 11) is 0. The molecule has 158 valence electrons. The molecule has 0 spiro atoms. The first-order chi connectivity index (χ1) is 13.6. The summed E-state index contributed by atoms with van der Waals surface area (Å²) in [5.41, 5.74) is 1.66. The van der Waals surface area contributed by atoms with Crippen LogP contribution in [0.1, 0.15) is 97.8 Å². The quantitative estimate of drug-likeness (QED) is 0.284. The van der Waals surface area contributed by atoms with Gasteiger partial charge in [-0.3, -0.25) is 4.79 Å². The molecular formula is C25H42N2O. The van der Waals surface area contributed by atoms with Gasteiger partial charge in [-0.2, -0.15) is 5.26 Å². The fourth-order valence-electron chi connectivity index (χ4n) is 4.86. The van der Waals surface area contributed by atoms with Gasteiger partial charge in [-0.15, -0.1) is 0 Å². The molecule has 1 aliphatic carbocycles. The van der Waals surface area contributed by atoms with E-state index in [1.54, 1.807) is 5.57 Å². The zero-order chi connectivity index (χ0) is 20.4. The first-order valence-electron chi connectivity index (χ1n) is 12.0. The van der Waals surface area contributed by atoms with Gasteiger partial charge >= 0.3 is 0 Å². The van der Waals surface area contributed by atoms with Crippen LogP contribution in [0.15, 0.2) is 11.6 Å². The summed E-state index contributed by atoms with van der Waals surface area (Å²) in [6.07, 6.45) is 16.1. The summed E-state index contributed by atoms with van der Waals surface area (Å²) < 4.78 is 0. The van der Waals surface area contributed by atoms with Crippen molar-refractivity contribution >= 4 is 5.91 Å². The number of hydrogen-bond donors (Lipinski definition) is 0. The van der Waals surface area contributed by atoms with Crippen molar-refractivity contribution in [3.8, 4) is 6.07 Å². The topological polar surface area (TPSA) is 44.1 Å². The molecule has 1 saturated heterocycles. The van der Waals surface area contributed by atoms with Crippen LogP contribution in [0.5, 0.6) is 0 Å². The van der Waals surface area contributed by atoms with E-state index < -0.39 is 0 Å². The molecule has 1 aliphatic heterocycles. The average molecular weight is 387 g/mol. The molecule has 2 fully saturated rings. The van der Waals surface area contributed by atoms with E-state index in [0.29, 0.717) is 30.1 Å². The third-order valence-corrected chi connectivity index (χ3v) is 6.90. The van der Waals surface area contributed by atoms with E-state index in [1.165, 1.54) is 44.9 Å². The van der Waals surface area contributed by atoms with Gasteiger partial charge in [0.25, 0.3) is 0 Å². The predicted octanol–water partition coefficient (Wildman–Crippen LogP) is 6.50. The molecule has 1 saturated carbocycles. The molecule has 3 heteroatoms. The van der Waals surface area contributed by atoms with Crippen LogP contribution in [0, 0.1) is 35.0 Å². The maximum Gasteiger partial charge on any atom is 0.225 e. The van der Waals surface area contributed by atoms with Crippen LogP contribution in [0.4, 0.5) is 0 Å². The molecule has 0 radical (unpaired) electrons. The summed E-state index contributed by atoms with van der Waals surface area (Å²) in [4.78, 5) is 14.4. The fourth-order valence-corrected chi connectivity index (χ4v) is 4.86. The summed E-state index contributed by atoms with van der Waals surface area (Å²) in [6, 6.07) is 2.27. The van der Waals surface area contributed by atoms with Crippen LogP contribution in [0.3, 0.4) is 0 Å². The first-order valence-corrected chi connectivity index (χ1v) is 12.0. The predicted molar refractivity (Wildman–Crippen MR) is 117 cm³/mol. The van der Waals surface area contributed by atoms with Gasteiger partial charge < -0.3 is 4.90 Å². The van der Waals surface area contributed by atoms with Crippen molar-refractivity contribution < 1.29 is 4.79 Å². The van der Waals surface area contributed by atoms with Gasteiger partial charge in [-0.05, 0) is 82.0 Å². The molecule has 28 heavy (non-hydrogen) atoms. The summed E-state index contributed by atoms with van der Waals surface area (Å²) in [5, 5.41) is 8.80. The van der Waals surface area contributed by atoms with E-state index in [4.69, 9.17) is 5.26 Å². The van der Waals surface area contributed by atoms with E-state index in [1.807, 2.05) is 0 Å². The SMILES string of the molecule is CCC[C@H](CC)/C(=C\CCCC#N)[C@H](C)CCC1CCN(C(=O)C2CC2)CC1. The Bertz CT molecular complexity index is 535. The Morgan fingerprint density at radius 2 is 1.89 bits per heavy atom. The molecule has 2 rings (SSSR count). The summed E-state index contributed by atoms with van der Waals surface area (Å²) in [6.45, 7) is 9.00. The van der Waals surface area contributed by atoms with Crippen LogP contribution < -0.4 is 0 Å². The smallest absolute Gasteiger partial charge is 0.225 e. The molecule has 2 atom stereocenters. The number of nitrogens with zero attached hydrogens (tertiary/aromatic N) is 2. The molecule has 0 aromatic heterocycles. The Kier molecular flexibility index (Phi) is 10.1. The first kappa shape index (κ1) is 23.0. The number of piperidine rings is 1. The van der Waals surface area contributed by atoms with Gasteiger partial charge in [0.05, 0.1) is 6.07 Å². The van der Waals surface area contributed by atoms with Crippen LogP contribution in [-0.2, 0) is 4.79 Å². The van der Waals surface area contributed by atoms with E-state index in [-0.39, 0.29) is 0 Å². The number of carbonyl (C=O) groups excluding carboxylic acids is 1. The lowest BCUT2D eigenvalue weighted by atomic mass is 9.79. The normalized spacial score (nSPS) is 20.6. The van der Waals surface area contributed by atoms with Gasteiger partial charge in [0.2, 0.25) is 5.91 Å². The largest absolute Gasteiger partial charge is 0.342 e. The number of nitriles is 1. The minimum Gasteiger partial charge on any atom is -0.342 e. The van der Waals surface area contributed by atoms with Crippen molar-refractivity contribution in [3.63, 3.8) is 0 Å². The van der Waals surface area contributed by atoms with Crippen molar-refractivity contribution in [2.75, 3.05) is 13.1 Å². The highest BCUT2D eigenvalue weighted by Crippen LogP contribution is 2.35. The molecule has 1 amide bonds. The van der Waals surface area contributed by atoms with Crippen LogP contribution in [-0.4, -0.2) is 23.9 Å². The maximum absolute atomic E-state index is 12.2. The third-order valence-electron chi connectivity index (χ3n) is 6.90. The van der Waals surface area contributed by atoms with Gasteiger partial charge in [0, 0.05) is 25.4 Å². The molecular weight excluding hydrogens is 344 g/mol. The van der Waals surface area contributed by atoms with Gasteiger partial charge in [0.15, 0.2) is 0 Å². The molecule has 3 nitrogen and oxygen atoms in total. The summed E-state index contributed by atoms with van der Waals surface area (Å²) >= 11 is 0. The monoisotopic (exact) mass is 386 g/mol. The molecule has 0 N–H and O–H groups in total. The van der Waals surface area contributed by atoms with Crippen molar-refractivity contribution in [2.45, 2.75) is 97.8 Å². The second-order valence-corrected chi connectivity index (χ2v) is 9.17. The van der Waals surface area contributed by atoms with Crippen molar-refractivity contribution in [1.82, 2.24) is 4.90 Å². The Hall–Kier alpha value is -1.30. The van der Waals surface area contributed by atoms with Crippen molar-refractivity contribution in [3.05, 3.63) is 11.6 Å². The number of rotatable bonds is 12. The zero-order valence-electron chi connectivity index (χ0n) is 18.6. The molecule has 0 aromatic carbocycles. The lowest BCUT2D eigenvalue weighted by molar-refractivity contribution is -0.134. The Balaban J connectivity index is 1.81. The highest BCUT2D eigenvalue weighted by molar-refractivity contribution is 5.81. The fraction of sp³-hybridized carbons (Fsp3) is 0.840. The maximum atomic E-state index is 12.2. The van der Waals surface area contributed by atoms with E-state index in [0.717, 1.165) is 44.7 Å². The lowest BCUT2D eigenvalue weighted by Crippen LogP contribution is -2.39. The van der Waals surface area contributed by atoms with E-state index in [2.05, 4.69) is 37.8 Å². The van der Waals surface area contributed by atoms with E-state index >= 15 is 0 Å². The third kappa shape index (κ3) is 7.26. The van der Waals surface area contributed by atoms with Gasteiger partial charge in [-0.1, -0.05) is 38.8 Å². The Labute approximate surface area is 173 Å². The van der Waals surface area contributed by atoms with Crippen molar-refractivity contribution in [1.29, 1.82) is 5.26 Å². The summed E-state index contributed by atoms with van der Waals surface area (Å²) in [5.74, 6) is 2.94. The van der Waals surface area contributed by atoms with Gasteiger partial charge in [-0.25, -0.2) is 0 Å². The second-order valence-electron chi connectivity index (χ2n) is 9.17. The number of amides is 1. The molecule has 2 aliphatic rings. The number of hydrogen-bond acceptors (Lipinski definition) is 2. The number of carbonyl (C=O) groups is 1. The molecule has 0 bridgehead atoms. The van der Waals surface area contributed by atoms with Gasteiger partial charge in [0.1, 0.15) is 0 Å². The number of likely N-dealkylation sites (tertiary alicyclic amines) is 1. The highest BCUT2D eigenvalue weighted by Gasteiger charge is 2.34. The number of unbranched alkanes of at least 4 members (excludes halogenated alkanes) is 2.